The number of para-hydroxylation sites is 1. The maximum atomic E-state index is 13.4. The summed E-state index contributed by atoms with van der Waals surface area (Å²) < 4.78 is 18.9. The summed E-state index contributed by atoms with van der Waals surface area (Å²) in [6.07, 6.45) is 2.95. The zero-order valence-corrected chi connectivity index (χ0v) is 23.5. The quantitative estimate of drug-likeness (QED) is 0.198. The maximum absolute atomic E-state index is 13.4. The molecule has 7 heteroatoms. The number of anilines is 1. The van der Waals surface area contributed by atoms with E-state index in [9.17, 15) is 4.79 Å². The molecule has 0 aliphatic rings. The second-order valence-electron chi connectivity index (χ2n) is 11.4. The predicted octanol–water partition coefficient (Wildman–Crippen LogP) is 7.17. The van der Waals surface area contributed by atoms with E-state index in [2.05, 4.69) is 50.4 Å². The topological polar surface area (TPSA) is 74.1 Å². The van der Waals surface area contributed by atoms with Crippen LogP contribution < -0.4 is 19.5 Å². The fourth-order valence-electron chi connectivity index (χ4n) is 5.10. The van der Waals surface area contributed by atoms with Gasteiger partial charge in [-0.1, -0.05) is 39.0 Å². The van der Waals surface area contributed by atoms with Crippen molar-refractivity contribution in [1.82, 2.24) is 9.38 Å². The molecule has 0 spiro atoms. The lowest BCUT2D eigenvalue weighted by Gasteiger charge is -2.34. The Labute approximate surface area is 224 Å². The SMILES string of the molecule is COc1cccc(OC)c1C(=O)Oc1ccccc1-c1nc2cc(C)ccn2c1NC(C)(C)CC(C)(C)C. The number of nitrogens with one attached hydrogen (secondary N) is 1. The minimum absolute atomic E-state index is 0.120. The van der Waals surface area contributed by atoms with E-state index in [-0.39, 0.29) is 16.5 Å². The molecule has 7 nitrogen and oxygen atoms in total. The van der Waals surface area contributed by atoms with E-state index in [4.69, 9.17) is 19.2 Å². The van der Waals surface area contributed by atoms with Gasteiger partial charge in [0.2, 0.25) is 0 Å². The number of hydrogen-bond donors (Lipinski definition) is 1. The first-order valence-corrected chi connectivity index (χ1v) is 12.7. The van der Waals surface area contributed by atoms with Gasteiger partial charge >= 0.3 is 5.97 Å². The van der Waals surface area contributed by atoms with Gasteiger partial charge in [-0.3, -0.25) is 4.40 Å². The third kappa shape index (κ3) is 5.77. The van der Waals surface area contributed by atoms with E-state index in [1.807, 2.05) is 37.4 Å². The first kappa shape index (κ1) is 27.0. The molecule has 0 saturated carbocycles. The number of benzene rings is 2. The molecule has 4 aromatic rings. The van der Waals surface area contributed by atoms with Crippen LogP contribution in [0.1, 0.15) is 57.0 Å². The lowest BCUT2D eigenvalue weighted by molar-refractivity contribution is 0.0728. The Morgan fingerprint density at radius 3 is 2.18 bits per heavy atom. The molecule has 0 unspecified atom stereocenters. The van der Waals surface area contributed by atoms with Crippen molar-refractivity contribution in [3.63, 3.8) is 0 Å². The number of esters is 1. The largest absolute Gasteiger partial charge is 0.496 e. The van der Waals surface area contributed by atoms with Crippen LogP contribution >= 0.6 is 0 Å². The number of methoxy groups -OCH3 is 2. The molecule has 200 valence electrons. The summed E-state index contributed by atoms with van der Waals surface area (Å²) in [7, 11) is 3.02. The highest BCUT2D eigenvalue weighted by atomic mass is 16.5. The highest BCUT2D eigenvalue weighted by molar-refractivity contribution is 5.98. The molecule has 0 saturated heterocycles. The summed E-state index contributed by atoms with van der Waals surface area (Å²) in [5, 5.41) is 3.75. The first-order chi connectivity index (χ1) is 17.9. The van der Waals surface area contributed by atoms with Crippen LogP contribution in [-0.2, 0) is 0 Å². The number of aryl methyl sites for hydroxylation is 1. The first-order valence-electron chi connectivity index (χ1n) is 12.7. The number of fused-ring (bicyclic) bond motifs is 1. The summed E-state index contributed by atoms with van der Waals surface area (Å²) in [6, 6.07) is 16.7. The van der Waals surface area contributed by atoms with Crippen molar-refractivity contribution in [3.05, 3.63) is 71.9 Å². The summed E-state index contributed by atoms with van der Waals surface area (Å²) in [5.74, 6) is 1.41. The van der Waals surface area contributed by atoms with Gasteiger partial charge in [0.25, 0.3) is 0 Å². The van der Waals surface area contributed by atoms with Crippen molar-refractivity contribution in [3.8, 4) is 28.5 Å². The van der Waals surface area contributed by atoms with Crippen LogP contribution in [0.3, 0.4) is 0 Å². The van der Waals surface area contributed by atoms with E-state index in [1.165, 1.54) is 14.2 Å². The van der Waals surface area contributed by atoms with Crippen molar-refractivity contribution in [2.24, 2.45) is 5.41 Å². The fraction of sp³-hybridized carbons (Fsp3) is 0.355. The van der Waals surface area contributed by atoms with Crippen molar-refractivity contribution < 1.29 is 19.0 Å². The standard InChI is InChI=1S/C31H37N3O4/c1-20-16-17-34-25(18-20)32-27(28(34)33-31(5,6)19-30(2,3)4)21-12-9-10-13-22(21)38-29(35)26-23(36-7)14-11-15-24(26)37-8/h9-18,33H,19H2,1-8H3. The van der Waals surface area contributed by atoms with E-state index in [1.54, 1.807) is 24.3 Å². The van der Waals surface area contributed by atoms with Crippen LogP contribution in [0.15, 0.2) is 60.8 Å². The third-order valence-corrected chi connectivity index (χ3v) is 6.19. The third-order valence-electron chi connectivity index (χ3n) is 6.19. The van der Waals surface area contributed by atoms with Crippen LogP contribution in [0, 0.1) is 12.3 Å². The summed E-state index contributed by atoms with van der Waals surface area (Å²) in [5.41, 5.74) is 3.43. The number of aromatic nitrogens is 2. The van der Waals surface area contributed by atoms with E-state index in [0.29, 0.717) is 28.5 Å². The molecule has 0 amide bonds. The molecule has 38 heavy (non-hydrogen) atoms. The average Bonchev–Trinajstić information content (AvgIpc) is 3.18. The molecule has 0 aliphatic carbocycles. The molecule has 0 aliphatic heterocycles. The van der Waals surface area contributed by atoms with E-state index in [0.717, 1.165) is 23.4 Å². The molecule has 4 rings (SSSR count). The van der Waals surface area contributed by atoms with Crippen molar-refractivity contribution >= 4 is 17.4 Å². The van der Waals surface area contributed by atoms with Gasteiger partial charge in [0, 0.05) is 17.3 Å². The molecular weight excluding hydrogens is 478 g/mol. The monoisotopic (exact) mass is 515 g/mol. The molecule has 2 heterocycles. The predicted molar refractivity (Wildman–Crippen MR) is 152 cm³/mol. The van der Waals surface area contributed by atoms with Gasteiger partial charge in [-0.25, -0.2) is 9.78 Å². The van der Waals surface area contributed by atoms with Crippen LogP contribution in [-0.4, -0.2) is 35.1 Å². The van der Waals surface area contributed by atoms with Gasteiger partial charge < -0.3 is 19.5 Å². The van der Waals surface area contributed by atoms with Gasteiger partial charge in [0.15, 0.2) is 0 Å². The van der Waals surface area contributed by atoms with Crippen LogP contribution in [0.5, 0.6) is 17.2 Å². The Morgan fingerprint density at radius 1 is 0.921 bits per heavy atom. The molecule has 1 N–H and O–H groups in total. The molecule has 2 aromatic carbocycles. The number of pyridine rings is 1. The van der Waals surface area contributed by atoms with E-state index >= 15 is 0 Å². The van der Waals surface area contributed by atoms with Crippen molar-refractivity contribution in [2.45, 2.75) is 53.5 Å². The Kier molecular flexibility index (Phi) is 7.40. The molecule has 0 bridgehead atoms. The van der Waals surface area contributed by atoms with Gasteiger partial charge in [0.1, 0.15) is 40.0 Å². The highest BCUT2D eigenvalue weighted by Gasteiger charge is 2.29. The average molecular weight is 516 g/mol. The Balaban J connectivity index is 1.82. The lowest BCUT2D eigenvalue weighted by atomic mass is 9.82. The number of rotatable bonds is 8. The molecule has 0 atom stereocenters. The number of carbonyl (C=O) groups excluding carboxylic acids is 1. The number of carbonyl (C=O) groups is 1. The minimum atomic E-state index is -0.575. The Bertz CT molecular complexity index is 1440. The zero-order chi connectivity index (χ0) is 27.7. The van der Waals surface area contributed by atoms with Crippen LogP contribution in [0.4, 0.5) is 5.82 Å². The normalized spacial score (nSPS) is 11.9. The molecule has 2 aromatic heterocycles. The zero-order valence-electron chi connectivity index (χ0n) is 23.5. The summed E-state index contributed by atoms with van der Waals surface area (Å²) in [4.78, 5) is 18.4. The van der Waals surface area contributed by atoms with Crippen LogP contribution in [0.2, 0.25) is 0 Å². The van der Waals surface area contributed by atoms with Gasteiger partial charge in [-0.15, -0.1) is 0 Å². The second kappa shape index (κ2) is 10.4. The fourth-order valence-corrected chi connectivity index (χ4v) is 5.10. The van der Waals surface area contributed by atoms with Gasteiger partial charge in [-0.2, -0.15) is 0 Å². The van der Waals surface area contributed by atoms with E-state index < -0.39 is 5.97 Å². The minimum Gasteiger partial charge on any atom is -0.496 e. The van der Waals surface area contributed by atoms with Crippen molar-refractivity contribution in [2.75, 3.05) is 19.5 Å². The second-order valence-corrected chi connectivity index (χ2v) is 11.4. The number of ether oxygens (including phenoxy) is 3. The van der Waals surface area contributed by atoms with Crippen LogP contribution in [0.25, 0.3) is 16.9 Å². The van der Waals surface area contributed by atoms with Crippen molar-refractivity contribution in [1.29, 1.82) is 0 Å². The molecule has 0 fully saturated rings. The molecule has 0 radical (unpaired) electrons. The Morgan fingerprint density at radius 2 is 1.55 bits per heavy atom. The smallest absolute Gasteiger partial charge is 0.351 e. The number of imidazole rings is 1. The highest BCUT2D eigenvalue weighted by Crippen LogP contribution is 2.39. The number of nitrogens with zero attached hydrogens (tertiary/aromatic N) is 2. The lowest BCUT2D eigenvalue weighted by Crippen LogP contribution is -2.36. The van der Waals surface area contributed by atoms with Gasteiger partial charge in [0.05, 0.1) is 14.2 Å². The Hall–Kier alpha value is -4.00. The molecular formula is C31H37N3O4. The number of hydrogen-bond acceptors (Lipinski definition) is 6. The van der Waals surface area contributed by atoms with Gasteiger partial charge in [-0.05, 0) is 74.6 Å². The summed E-state index contributed by atoms with van der Waals surface area (Å²) >= 11 is 0. The maximum Gasteiger partial charge on any atom is 0.351 e. The summed E-state index contributed by atoms with van der Waals surface area (Å²) in [6.45, 7) is 13.1.